The standard InChI is InChI=1S/C9H19NO/c1-3-5-6-10-7-9(4-2)8-11/h8-10H,3-7H2,1-2H3. The molecule has 1 unspecified atom stereocenters. The molecular weight excluding hydrogens is 138 g/mol. The van der Waals surface area contributed by atoms with E-state index in [9.17, 15) is 4.79 Å². The second kappa shape index (κ2) is 7.73. The van der Waals surface area contributed by atoms with Crippen LogP contribution in [0.2, 0.25) is 0 Å². The Morgan fingerprint density at radius 1 is 1.45 bits per heavy atom. The SMILES string of the molecule is CCCCNCC(C=O)CC. The van der Waals surface area contributed by atoms with Crippen LogP contribution in [0, 0.1) is 5.92 Å². The lowest BCUT2D eigenvalue weighted by atomic mass is 10.1. The number of aldehydes is 1. The molecule has 0 saturated heterocycles. The summed E-state index contributed by atoms with van der Waals surface area (Å²) in [4.78, 5) is 10.4. The minimum Gasteiger partial charge on any atom is -0.316 e. The molecule has 1 N–H and O–H groups in total. The van der Waals surface area contributed by atoms with Gasteiger partial charge in [0.25, 0.3) is 0 Å². The Bertz CT molecular complexity index is 93.6. The minimum absolute atomic E-state index is 0.215. The van der Waals surface area contributed by atoms with Crippen LogP contribution >= 0.6 is 0 Å². The molecule has 0 aromatic heterocycles. The van der Waals surface area contributed by atoms with Crippen molar-refractivity contribution in [2.45, 2.75) is 33.1 Å². The highest BCUT2D eigenvalue weighted by Gasteiger charge is 2.01. The van der Waals surface area contributed by atoms with Crippen LogP contribution in [0.5, 0.6) is 0 Å². The summed E-state index contributed by atoms with van der Waals surface area (Å²) >= 11 is 0. The van der Waals surface area contributed by atoms with E-state index in [-0.39, 0.29) is 5.92 Å². The van der Waals surface area contributed by atoms with Gasteiger partial charge in [-0.3, -0.25) is 0 Å². The Balaban J connectivity index is 3.14. The number of carbonyl (C=O) groups excluding carboxylic acids is 1. The molecule has 0 fully saturated rings. The van der Waals surface area contributed by atoms with Gasteiger partial charge in [0.15, 0.2) is 0 Å². The Kier molecular flexibility index (Phi) is 7.47. The van der Waals surface area contributed by atoms with E-state index < -0.39 is 0 Å². The van der Waals surface area contributed by atoms with Gasteiger partial charge in [0.1, 0.15) is 6.29 Å². The summed E-state index contributed by atoms with van der Waals surface area (Å²) in [5.41, 5.74) is 0. The van der Waals surface area contributed by atoms with Gasteiger partial charge in [-0.15, -0.1) is 0 Å². The summed E-state index contributed by atoms with van der Waals surface area (Å²) in [6.45, 7) is 6.10. The molecule has 0 aromatic carbocycles. The molecule has 1 atom stereocenters. The van der Waals surface area contributed by atoms with Gasteiger partial charge in [-0.25, -0.2) is 0 Å². The lowest BCUT2D eigenvalue weighted by molar-refractivity contribution is -0.111. The van der Waals surface area contributed by atoms with Gasteiger partial charge in [-0.2, -0.15) is 0 Å². The van der Waals surface area contributed by atoms with E-state index in [0.717, 1.165) is 25.8 Å². The second-order valence-electron chi connectivity index (χ2n) is 2.86. The average Bonchev–Trinajstić information content (AvgIpc) is 2.05. The molecule has 0 amide bonds. The van der Waals surface area contributed by atoms with Crippen molar-refractivity contribution < 1.29 is 4.79 Å². The van der Waals surface area contributed by atoms with E-state index in [1.807, 2.05) is 6.92 Å². The van der Waals surface area contributed by atoms with E-state index in [1.54, 1.807) is 0 Å². The zero-order valence-corrected chi connectivity index (χ0v) is 7.60. The number of hydrogen-bond acceptors (Lipinski definition) is 2. The van der Waals surface area contributed by atoms with Crippen LogP contribution in [-0.4, -0.2) is 19.4 Å². The molecule has 11 heavy (non-hydrogen) atoms. The topological polar surface area (TPSA) is 29.1 Å². The smallest absolute Gasteiger partial charge is 0.124 e. The van der Waals surface area contributed by atoms with E-state index in [4.69, 9.17) is 0 Å². The summed E-state index contributed by atoms with van der Waals surface area (Å²) in [6, 6.07) is 0. The normalized spacial score (nSPS) is 12.9. The van der Waals surface area contributed by atoms with Crippen molar-refractivity contribution in [1.82, 2.24) is 5.32 Å². The van der Waals surface area contributed by atoms with E-state index in [0.29, 0.717) is 0 Å². The number of rotatable bonds is 7. The van der Waals surface area contributed by atoms with Crippen LogP contribution in [0.1, 0.15) is 33.1 Å². The number of hydrogen-bond donors (Lipinski definition) is 1. The Hall–Kier alpha value is -0.370. The monoisotopic (exact) mass is 157 g/mol. The molecule has 0 bridgehead atoms. The Labute approximate surface area is 69.4 Å². The zero-order valence-electron chi connectivity index (χ0n) is 7.60. The number of unbranched alkanes of at least 4 members (excludes halogenated alkanes) is 1. The van der Waals surface area contributed by atoms with Crippen molar-refractivity contribution in [3.05, 3.63) is 0 Å². The first-order chi connectivity index (χ1) is 5.35. The molecular formula is C9H19NO. The highest BCUT2D eigenvalue weighted by Crippen LogP contribution is 1.95. The first-order valence-corrected chi connectivity index (χ1v) is 4.51. The van der Waals surface area contributed by atoms with Gasteiger partial charge in [0.2, 0.25) is 0 Å². The molecule has 0 aliphatic carbocycles. The zero-order chi connectivity index (χ0) is 8.53. The maximum atomic E-state index is 10.4. The fraction of sp³-hybridized carbons (Fsp3) is 0.889. The molecule has 0 aliphatic rings. The summed E-state index contributed by atoms with van der Waals surface area (Å²) in [7, 11) is 0. The molecule has 0 rings (SSSR count). The van der Waals surface area contributed by atoms with Crippen molar-refractivity contribution in [2.75, 3.05) is 13.1 Å². The van der Waals surface area contributed by atoms with Crippen molar-refractivity contribution in [1.29, 1.82) is 0 Å². The van der Waals surface area contributed by atoms with Crippen LogP contribution in [-0.2, 0) is 4.79 Å². The van der Waals surface area contributed by atoms with Crippen LogP contribution in [0.25, 0.3) is 0 Å². The fourth-order valence-corrected chi connectivity index (χ4v) is 0.878. The van der Waals surface area contributed by atoms with Crippen LogP contribution < -0.4 is 5.32 Å². The molecule has 2 heteroatoms. The molecule has 2 nitrogen and oxygen atoms in total. The number of nitrogens with one attached hydrogen (secondary N) is 1. The van der Waals surface area contributed by atoms with Gasteiger partial charge in [-0.05, 0) is 19.4 Å². The van der Waals surface area contributed by atoms with E-state index >= 15 is 0 Å². The summed E-state index contributed by atoms with van der Waals surface area (Å²) < 4.78 is 0. The van der Waals surface area contributed by atoms with Crippen LogP contribution in [0.3, 0.4) is 0 Å². The van der Waals surface area contributed by atoms with Crippen molar-refractivity contribution in [3.8, 4) is 0 Å². The van der Waals surface area contributed by atoms with Crippen LogP contribution in [0.4, 0.5) is 0 Å². The van der Waals surface area contributed by atoms with Gasteiger partial charge in [-0.1, -0.05) is 20.3 Å². The Morgan fingerprint density at radius 2 is 2.18 bits per heavy atom. The van der Waals surface area contributed by atoms with Crippen molar-refractivity contribution in [3.63, 3.8) is 0 Å². The van der Waals surface area contributed by atoms with Crippen molar-refractivity contribution in [2.24, 2.45) is 5.92 Å². The summed E-state index contributed by atoms with van der Waals surface area (Å²) in [5.74, 6) is 0.215. The Morgan fingerprint density at radius 3 is 2.64 bits per heavy atom. The molecule has 0 aromatic rings. The largest absolute Gasteiger partial charge is 0.316 e. The molecule has 0 aliphatic heterocycles. The molecule has 66 valence electrons. The third kappa shape index (κ3) is 6.05. The summed E-state index contributed by atoms with van der Waals surface area (Å²) in [5, 5.41) is 3.26. The van der Waals surface area contributed by atoms with Gasteiger partial charge < -0.3 is 10.1 Å². The van der Waals surface area contributed by atoms with Gasteiger partial charge in [0, 0.05) is 12.5 Å². The van der Waals surface area contributed by atoms with Gasteiger partial charge in [0.05, 0.1) is 0 Å². The predicted molar refractivity (Wildman–Crippen MR) is 47.6 cm³/mol. The quantitative estimate of drug-likeness (QED) is 0.449. The van der Waals surface area contributed by atoms with Gasteiger partial charge >= 0.3 is 0 Å². The molecule has 0 spiro atoms. The van der Waals surface area contributed by atoms with E-state index in [1.165, 1.54) is 12.8 Å². The molecule has 0 saturated carbocycles. The first kappa shape index (κ1) is 10.6. The third-order valence-corrected chi connectivity index (χ3v) is 1.83. The molecule has 0 heterocycles. The predicted octanol–water partition coefficient (Wildman–Crippen LogP) is 1.60. The molecule has 0 radical (unpaired) electrons. The van der Waals surface area contributed by atoms with Crippen molar-refractivity contribution >= 4 is 6.29 Å². The lowest BCUT2D eigenvalue weighted by Crippen LogP contribution is -2.24. The highest BCUT2D eigenvalue weighted by atomic mass is 16.1. The van der Waals surface area contributed by atoms with E-state index in [2.05, 4.69) is 12.2 Å². The average molecular weight is 157 g/mol. The first-order valence-electron chi connectivity index (χ1n) is 4.51. The third-order valence-electron chi connectivity index (χ3n) is 1.83. The maximum absolute atomic E-state index is 10.4. The lowest BCUT2D eigenvalue weighted by Gasteiger charge is -2.07. The second-order valence-corrected chi connectivity index (χ2v) is 2.86. The number of carbonyl (C=O) groups is 1. The summed E-state index contributed by atoms with van der Waals surface area (Å²) in [6.07, 6.45) is 4.40. The fourth-order valence-electron chi connectivity index (χ4n) is 0.878. The maximum Gasteiger partial charge on any atom is 0.124 e. The minimum atomic E-state index is 0.215. The highest BCUT2D eigenvalue weighted by molar-refractivity contribution is 5.53. The van der Waals surface area contributed by atoms with Crippen LogP contribution in [0.15, 0.2) is 0 Å².